The Hall–Kier alpha value is -5.13. The highest BCUT2D eigenvalue weighted by Crippen LogP contribution is 2.34. The Morgan fingerprint density at radius 3 is 2.21 bits per heavy atom. The van der Waals surface area contributed by atoms with Crippen molar-refractivity contribution in [3.63, 3.8) is 0 Å². The number of benzene rings is 2. The minimum atomic E-state index is -0.768. The fraction of sp³-hybridized carbons (Fsp3) is 0.300. The lowest BCUT2D eigenvalue weighted by molar-refractivity contribution is -0.127. The van der Waals surface area contributed by atoms with Gasteiger partial charge < -0.3 is 19.9 Å². The third-order valence-electron chi connectivity index (χ3n) is 6.83. The predicted molar refractivity (Wildman–Crippen MR) is 154 cm³/mol. The quantitative estimate of drug-likeness (QED) is 0.266. The van der Waals surface area contributed by atoms with Crippen molar-refractivity contribution in [1.29, 1.82) is 0 Å². The van der Waals surface area contributed by atoms with Crippen LogP contribution in [0.4, 0.5) is 0 Å². The van der Waals surface area contributed by atoms with Crippen molar-refractivity contribution in [1.82, 2.24) is 35.3 Å². The minimum Gasteiger partial charge on any atom is -0.496 e. The van der Waals surface area contributed by atoms with E-state index in [9.17, 15) is 19.2 Å². The third kappa shape index (κ3) is 5.69. The molecule has 1 fully saturated rings. The number of piperazine rings is 1. The zero-order chi connectivity index (χ0) is 30.0. The highest BCUT2D eigenvalue weighted by atomic mass is 16.5. The SMILES string of the molecule is COc1ccc(-c2cnc(C(=O)NC(C)(C)C)cn2)c2n[nH]c(C(=O)C(=O)N3CCN(C(=O)c4ccccc4)CC3)c12. The van der Waals surface area contributed by atoms with Crippen LogP contribution in [0.25, 0.3) is 22.2 Å². The monoisotopic (exact) mass is 569 g/mol. The normalized spacial score (nSPS) is 13.6. The van der Waals surface area contributed by atoms with Gasteiger partial charge >= 0.3 is 0 Å². The molecule has 216 valence electrons. The summed E-state index contributed by atoms with van der Waals surface area (Å²) in [7, 11) is 1.46. The summed E-state index contributed by atoms with van der Waals surface area (Å²) in [4.78, 5) is 63.7. The van der Waals surface area contributed by atoms with Gasteiger partial charge in [-0.1, -0.05) is 18.2 Å². The molecule has 0 spiro atoms. The molecule has 0 bridgehead atoms. The van der Waals surface area contributed by atoms with E-state index in [0.29, 0.717) is 46.6 Å². The maximum atomic E-state index is 13.4. The lowest BCUT2D eigenvalue weighted by Gasteiger charge is -2.34. The molecular weight excluding hydrogens is 538 g/mol. The fourth-order valence-corrected chi connectivity index (χ4v) is 4.75. The number of carbonyl (C=O) groups excluding carboxylic acids is 4. The molecule has 2 aromatic carbocycles. The van der Waals surface area contributed by atoms with Gasteiger partial charge in [0, 0.05) is 42.8 Å². The van der Waals surface area contributed by atoms with Crippen LogP contribution in [-0.2, 0) is 4.79 Å². The minimum absolute atomic E-state index is 0.00868. The molecule has 0 atom stereocenters. The van der Waals surface area contributed by atoms with Gasteiger partial charge in [-0.05, 0) is 45.0 Å². The van der Waals surface area contributed by atoms with Crippen molar-refractivity contribution in [3.05, 3.63) is 71.8 Å². The summed E-state index contributed by atoms with van der Waals surface area (Å²) in [6, 6.07) is 12.3. The lowest BCUT2D eigenvalue weighted by atomic mass is 10.0. The maximum absolute atomic E-state index is 13.4. The van der Waals surface area contributed by atoms with Crippen LogP contribution in [-0.4, -0.2) is 92.3 Å². The number of rotatable bonds is 6. The number of ether oxygens (including phenoxy) is 1. The number of carbonyl (C=O) groups is 4. The average Bonchev–Trinajstić information content (AvgIpc) is 3.45. The van der Waals surface area contributed by atoms with Crippen LogP contribution in [0.3, 0.4) is 0 Å². The fourth-order valence-electron chi connectivity index (χ4n) is 4.75. The van der Waals surface area contributed by atoms with Crippen LogP contribution in [0.2, 0.25) is 0 Å². The Labute approximate surface area is 242 Å². The molecule has 1 saturated heterocycles. The van der Waals surface area contributed by atoms with E-state index in [2.05, 4.69) is 25.5 Å². The van der Waals surface area contributed by atoms with Gasteiger partial charge in [0.2, 0.25) is 0 Å². The molecule has 0 saturated carbocycles. The highest BCUT2D eigenvalue weighted by Gasteiger charge is 2.32. The number of aromatic nitrogens is 4. The number of fused-ring (bicyclic) bond motifs is 1. The molecule has 1 aliphatic rings. The van der Waals surface area contributed by atoms with Crippen molar-refractivity contribution < 1.29 is 23.9 Å². The Morgan fingerprint density at radius 2 is 1.60 bits per heavy atom. The summed E-state index contributed by atoms with van der Waals surface area (Å²) in [5, 5.41) is 10.2. The Balaban J connectivity index is 1.36. The first-order valence-electron chi connectivity index (χ1n) is 13.5. The molecule has 12 heteroatoms. The van der Waals surface area contributed by atoms with Gasteiger partial charge in [-0.2, -0.15) is 5.10 Å². The summed E-state index contributed by atoms with van der Waals surface area (Å²) in [5.41, 5.74) is 1.63. The largest absolute Gasteiger partial charge is 0.496 e. The first-order valence-corrected chi connectivity index (χ1v) is 13.5. The van der Waals surface area contributed by atoms with Crippen molar-refractivity contribution in [2.24, 2.45) is 0 Å². The highest BCUT2D eigenvalue weighted by molar-refractivity contribution is 6.44. The molecule has 42 heavy (non-hydrogen) atoms. The first kappa shape index (κ1) is 28.4. The van der Waals surface area contributed by atoms with Crippen LogP contribution >= 0.6 is 0 Å². The molecule has 5 rings (SSSR count). The standard InChI is InChI=1S/C30H31N7O5/c1-30(2,3)33-27(39)21-17-31-20(16-32-21)19-10-11-22(42-4)23-24(19)34-35-25(23)26(38)29(41)37-14-12-36(13-15-37)28(40)18-8-6-5-7-9-18/h5-11,16-17H,12-15H2,1-4H3,(H,33,39)(H,34,35). The molecule has 4 aromatic rings. The molecule has 0 unspecified atom stereocenters. The Morgan fingerprint density at radius 1 is 0.905 bits per heavy atom. The number of ketones is 1. The number of H-pyrrole nitrogens is 1. The summed E-state index contributed by atoms with van der Waals surface area (Å²) in [6.07, 6.45) is 2.83. The molecule has 0 aliphatic carbocycles. The number of methoxy groups -OCH3 is 1. The summed E-state index contributed by atoms with van der Waals surface area (Å²) >= 11 is 0. The second-order valence-corrected chi connectivity index (χ2v) is 10.9. The average molecular weight is 570 g/mol. The van der Waals surface area contributed by atoms with Crippen LogP contribution in [0.15, 0.2) is 54.9 Å². The summed E-state index contributed by atoms with van der Waals surface area (Å²) < 4.78 is 5.50. The number of hydrogen-bond acceptors (Lipinski definition) is 8. The molecule has 2 aromatic heterocycles. The van der Waals surface area contributed by atoms with Gasteiger partial charge in [0.15, 0.2) is 0 Å². The topological polar surface area (TPSA) is 150 Å². The van der Waals surface area contributed by atoms with E-state index < -0.39 is 17.2 Å². The molecule has 3 amide bonds. The second-order valence-electron chi connectivity index (χ2n) is 10.9. The molecule has 3 heterocycles. The van der Waals surface area contributed by atoms with Gasteiger partial charge in [-0.15, -0.1) is 0 Å². The van der Waals surface area contributed by atoms with Crippen molar-refractivity contribution in [2.75, 3.05) is 33.3 Å². The molecule has 12 nitrogen and oxygen atoms in total. The van der Waals surface area contributed by atoms with Crippen molar-refractivity contribution in [2.45, 2.75) is 26.3 Å². The second kappa shape index (κ2) is 11.4. The smallest absolute Gasteiger partial charge is 0.296 e. The third-order valence-corrected chi connectivity index (χ3v) is 6.83. The number of amides is 3. The van der Waals surface area contributed by atoms with E-state index in [1.165, 1.54) is 24.4 Å². The van der Waals surface area contributed by atoms with Crippen molar-refractivity contribution in [3.8, 4) is 17.0 Å². The van der Waals surface area contributed by atoms with E-state index in [0.717, 1.165) is 0 Å². The number of hydrogen-bond donors (Lipinski definition) is 2. The maximum Gasteiger partial charge on any atom is 0.296 e. The van der Waals surface area contributed by atoms with E-state index >= 15 is 0 Å². The van der Waals surface area contributed by atoms with Gasteiger partial charge in [-0.25, -0.2) is 4.98 Å². The molecule has 1 aliphatic heterocycles. The van der Waals surface area contributed by atoms with Crippen molar-refractivity contribution >= 4 is 34.4 Å². The zero-order valence-corrected chi connectivity index (χ0v) is 23.8. The number of aromatic amines is 1. The van der Waals surface area contributed by atoms with Crippen LogP contribution in [0.5, 0.6) is 5.75 Å². The molecule has 2 N–H and O–H groups in total. The molecule has 0 radical (unpaired) electrons. The van der Waals surface area contributed by atoms with Crippen LogP contribution in [0, 0.1) is 0 Å². The summed E-state index contributed by atoms with van der Waals surface area (Å²) in [6.45, 7) is 6.68. The van der Waals surface area contributed by atoms with E-state index in [-0.39, 0.29) is 36.3 Å². The lowest BCUT2D eigenvalue weighted by Crippen LogP contribution is -2.52. The molecular formula is C30H31N7O5. The first-order chi connectivity index (χ1) is 20.1. The van der Waals surface area contributed by atoms with Gasteiger partial charge in [0.25, 0.3) is 23.5 Å². The van der Waals surface area contributed by atoms with E-state index in [1.807, 2.05) is 26.8 Å². The van der Waals surface area contributed by atoms with Gasteiger partial charge in [-0.3, -0.25) is 29.3 Å². The zero-order valence-electron chi connectivity index (χ0n) is 23.8. The van der Waals surface area contributed by atoms with E-state index in [1.54, 1.807) is 41.3 Å². The predicted octanol–water partition coefficient (Wildman–Crippen LogP) is 2.72. The number of nitrogens with one attached hydrogen (secondary N) is 2. The Bertz CT molecular complexity index is 1650. The number of Topliss-reactive ketones (excluding diaryl/α,β-unsaturated/α-hetero) is 1. The van der Waals surface area contributed by atoms with Crippen LogP contribution < -0.4 is 10.1 Å². The van der Waals surface area contributed by atoms with Gasteiger partial charge in [0.05, 0.1) is 30.6 Å². The summed E-state index contributed by atoms with van der Waals surface area (Å²) in [5.74, 6) is -1.58. The Kier molecular flexibility index (Phi) is 7.70. The number of nitrogens with zero attached hydrogens (tertiary/aromatic N) is 5. The van der Waals surface area contributed by atoms with Gasteiger partial charge in [0.1, 0.15) is 22.7 Å². The van der Waals surface area contributed by atoms with E-state index in [4.69, 9.17) is 4.74 Å². The van der Waals surface area contributed by atoms with Crippen LogP contribution in [0.1, 0.15) is 52.1 Å².